The molecular formula is C24H39N9O5. The van der Waals surface area contributed by atoms with Crippen LogP contribution in [-0.2, 0) is 32.0 Å². The number of unbranched alkanes of at least 4 members (excludes halogenated alkanes) is 1. The van der Waals surface area contributed by atoms with E-state index in [0.717, 1.165) is 6.42 Å². The van der Waals surface area contributed by atoms with Crippen LogP contribution in [0.15, 0.2) is 25.0 Å². The third kappa shape index (κ3) is 10.3. The lowest BCUT2D eigenvalue weighted by Gasteiger charge is -2.26. The molecule has 2 heterocycles. The van der Waals surface area contributed by atoms with Gasteiger partial charge in [0.1, 0.15) is 18.1 Å². The van der Waals surface area contributed by atoms with Gasteiger partial charge in [-0.3, -0.25) is 14.4 Å². The maximum absolute atomic E-state index is 13.3. The van der Waals surface area contributed by atoms with Gasteiger partial charge in [0.25, 0.3) is 0 Å². The zero-order chi connectivity index (χ0) is 28.1. The molecule has 14 heteroatoms. The minimum atomic E-state index is -1.26. The molecule has 0 spiro atoms. The van der Waals surface area contributed by atoms with Gasteiger partial charge in [-0.25, -0.2) is 14.8 Å². The van der Waals surface area contributed by atoms with Crippen LogP contribution < -0.4 is 27.4 Å². The first-order chi connectivity index (χ1) is 18.1. The Morgan fingerprint density at radius 3 is 1.89 bits per heavy atom. The molecule has 14 nitrogen and oxygen atoms in total. The summed E-state index contributed by atoms with van der Waals surface area (Å²) in [4.78, 5) is 64.5. The number of carboxylic acids is 1. The number of imidazole rings is 2. The summed E-state index contributed by atoms with van der Waals surface area (Å²) in [5.74, 6) is -2.95. The maximum atomic E-state index is 13.3. The molecule has 3 amide bonds. The standard InChI is InChI=1S/C24H39N9O5/c1-14(2)7-18(31-21(34)17(26)5-3-4-6-25)22(35)32-19(8-15-10-27-12-29-15)23(36)33-20(24(37)38)9-16-11-28-13-30-16/h10-14,17-20H,3-9,25-26H2,1-2H3,(H,27,29)(H,28,30)(H,31,34)(H,32,35)(H,33,36)(H,37,38). The monoisotopic (exact) mass is 533 g/mol. The second-order valence-electron chi connectivity index (χ2n) is 9.60. The van der Waals surface area contributed by atoms with E-state index in [9.17, 15) is 24.3 Å². The molecule has 0 aliphatic heterocycles. The van der Waals surface area contributed by atoms with Crippen LogP contribution in [0.25, 0.3) is 0 Å². The maximum Gasteiger partial charge on any atom is 0.326 e. The van der Waals surface area contributed by atoms with E-state index >= 15 is 0 Å². The second-order valence-corrected chi connectivity index (χ2v) is 9.60. The summed E-state index contributed by atoms with van der Waals surface area (Å²) < 4.78 is 0. The van der Waals surface area contributed by atoms with Crippen molar-refractivity contribution in [3.63, 3.8) is 0 Å². The lowest BCUT2D eigenvalue weighted by molar-refractivity contribution is -0.142. The summed E-state index contributed by atoms with van der Waals surface area (Å²) in [7, 11) is 0. The van der Waals surface area contributed by atoms with Crippen molar-refractivity contribution in [2.75, 3.05) is 6.54 Å². The molecule has 0 aliphatic rings. The number of nitrogens with two attached hydrogens (primary N) is 2. The Kier molecular flexibility index (Phi) is 12.4. The highest BCUT2D eigenvalue weighted by Gasteiger charge is 2.31. The van der Waals surface area contributed by atoms with Crippen molar-refractivity contribution in [3.8, 4) is 0 Å². The zero-order valence-corrected chi connectivity index (χ0v) is 21.8. The van der Waals surface area contributed by atoms with E-state index in [0.29, 0.717) is 37.2 Å². The topological polar surface area (TPSA) is 234 Å². The van der Waals surface area contributed by atoms with Gasteiger partial charge in [-0.15, -0.1) is 0 Å². The molecule has 10 N–H and O–H groups in total. The first kappa shape index (κ1) is 30.4. The number of carbonyl (C=O) groups excluding carboxylic acids is 3. The molecule has 0 bridgehead atoms. The Morgan fingerprint density at radius 2 is 1.39 bits per heavy atom. The summed E-state index contributed by atoms with van der Waals surface area (Å²) in [5.41, 5.74) is 12.6. The number of aromatic amines is 2. The van der Waals surface area contributed by atoms with Gasteiger partial charge in [0.15, 0.2) is 0 Å². The summed E-state index contributed by atoms with van der Waals surface area (Å²) in [6.45, 7) is 4.29. The van der Waals surface area contributed by atoms with Gasteiger partial charge >= 0.3 is 5.97 Å². The predicted molar refractivity (Wildman–Crippen MR) is 138 cm³/mol. The molecule has 2 rings (SSSR count). The highest BCUT2D eigenvalue weighted by molar-refractivity contribution is 5.94. The number of rotatable bonds is 17. The van der Waals surface area contributed by atoms with Crippen LogP contribution in [0, 0.1) is 5.92 Å². The van der Waals surface area contributed by atoms with Gasteiger partial charge in [0, 0.05) is 36.6 Å². The number of H-pyrrole nitrogens is 2. The van der Waals surface area contributed by atoms with Crippen molar-refractivity contribution in [2.45, 2.75) is 76.5 Å². The van der Waals surface area contributed by atoms with E-state index in [1.54, 1.807) is 0 Å². The van der Waals surface area contributed by atoms with Crippen LogP contribution in [0.2, 0.25) is 0 Å². The Morgan fingerprint density at radius 1 is 0.868 bits per heavy atom. The average molecular weight is 534 g/mol. The number of carboxylic acid groups (broad SMARTS) is 1. The van der Waals surface area contributed by atoms with Crippen molar-refractivity contribution < 1.29 is 24.3 Å². The van der Waals surface area contributed by atoms with Gasteiger partial charge in [0.2, 0.25) is 17.7 Å². The minimum absolute atomic E-state index is 0.0227. The van der Waals surface area contributed by atoms with Crippen LogP contribution in [0.3, 0.4) is 0 Å². The van der Waals surface area contributed by atoms with Crippen molar-refractivity contribution >= 4 is 23.7 Å². The zero-order valence-electron chi connectivity index (χ0n) is 21.8. The van der Waals surface area contributed by atoms with Crippen LogP contribution in [0.1, 0.15) is 50.9 Å². The molecule has 0 saturated heterocycles. The van der Waals surface area contributed by atoms with Crippen molar-refractivity contribution in [1.29, 1.82) is 0 Å². The van der Waals surface area contributed by atoms with Gasteiger partial charge < -0.3 is 42.5 Å². The summed E-state index contributed by atoms with van der Waals surface area (Å²) >= 11 is 0. The van der Waals surface area contributed by atoms with E-state index in [1.165, 1.54) is 25.0 Å². The van der Waals surface area contributed by atoms with Crippen LogP contribution >= 0.6 is 0 Å². The smallest absolute Gasteiger partial charge is 0.326 e. The van der Waals surface area contributed by atoms with Gasteiger partial charge in [-0.2, -0.15) is 0 Å². The fourth-order valence-corrected chi connectivity index (χ4v) is 3.81. The normalized spacial score (nSPS) is 14.3. The molecule has 0 aromatic carbocycles. The molecule has 38 heavy (non-hydrogen) atoms. The molecule has 2 aromatic heterocycles. The van der Waals surface area contributed by atoms with Gasteiger partial charge in [-0.1, -0.05) is 20.3 Å². The molecular weight excluding hydrogens is 494 g/mol. The van der Waals surface area contributed by atoms with E-state index in [2.05, 4.69) is 35.9 Å². The molecule has 4 unspecified atom stereocenters. The SMILES string of the molecule is CC(C)CC(NC(=O)C(N)CCCCN)C(=O)NC(Cc1cnc[nH]1)C(=O)NC(Cc1cnc[nH]1)C(=O)O. The quantitative estimate of drug-likeness (QED) is 0.116. The number of amides is 3. The highest BCUT2D eigenvalue weighted by atomic mass is 16.4. The number of carbonyl (C=O) groups is 4. The summed E-state index contributed by atoms with van der Waals surface area (Å²) in [6, 6.07) is -4.15. The lowest BCUT2D eigenvalue weighted by Crippen LogP contribution is -2.58. The molecule has 0 saturated carbocycles. The number of hydrogen-bond donors (Lipinski definition) is 8. The first-order valence-corrected chi connectivity index (χ1v) is 12.6. The second kappa shape index (κ2) is 15.5. The van der Waals surface area contributed by atoms with E-state index in [4.69, 9.17) is 11.5 Å². The molecule has 0 fully saturated rings. The van der Waals surface area contributed by atoms with E-state index in [1.807, 2.05) is 13.8 Å². The number of nitrogens with one attached hydrogen (secondary N) is 5. The van der Waals surface area contributed by atoms with Crippen LogP contribution in [-0.4, -0.2) is 79.4 Å². The Bertz CT molecular complexity index is 1010. The Hall–Kier alpha value is -3.78. The van der Waals surface area contributed by atoms with Crippen molar-refractivity contribution in [2.24, 2.45) is 17.4 Å². The molecule has 2 aromatic rings. The first-order valence-electron chi connectivity index (χ1n) is 12.6. The van der Waals surface area contributed by atoms with E-state index < -0.39 is 47.9 Å². The average Bonchev–Trinajstić information content (AvgIpc) is 3.56. The van der Waals surface area contributed by atoms with Gasteiger partial charge in [-0.05, 0) is 31.7 Å². The summed E-state index contributed by atoms with van der Waals surface area (Å²) in [5, 5.41) is 17.5. The number of hydrogen-bond acceptors (Lipinski definition) is 8. The molecule has 210 valence electrons. The molecule has 0 radical (unpaired) electrons. The highest BCUT2D eigenvalue weighted by Crippen LogP contribution is 2.09. The molecule has 4 atom stereocenters. The number of aromatic nitrogens is 4. The van der Waals surface area contributed by atoms with Crippen LogP contribution in [0.4, 0.5) is 0 Å². The van der Waals surface area contributed by atoms with E-state index in [-0.39, 0.29) is 18.8 Å². The Balaban J connectivity index is 2.15. The third-order valence-electron chi connectivity index (χ3n) is 5.85. The molecule has 0 aliphatic carbocycles. The third-order valence-corrected chi connectivity index (χ3v) is 5.85. The van der Waals surface area contributed by atoms with Crippen molar-refractivity contribution in [3.05, 3.63) is 36.4 Å². The summed E-state index contributed by atoms with van der Waals surface area (Å²) in [6.07, 6.45) is 7.95. The fourth-order valence-electron chi connectivity index (χ4n) is 3.81. The number of aliphatic carboxylic acids is 1. The number of nitrogens with zero attached hydrogens (tertiary/aromatic N) is 2. The minimum Gasteiger partial charge on any atom is -0.480 e. The van der Waals surface area contributed by atoms with Gasteiger partial charge in [0.05, 0.1) is 18.7 Å². The lowest BCUT2D eigenvalue weighted by atomic mass is 10.0. The van der Waals surface area contributed by atoms with Crippen LogP contribution in [0.5, 0.6) is 0 Å². The predicted octanol–water partition coefficient (Wildman–Crippen LogP) is -1.04. The Labute approximate surface area is 221 Å². The largest absolute Gasteiger partial charge is 0.480 e. The fraction of sp³-hybridized carbons (Fsp3) is 0.583. The van der Waals surface area contributed by atoms with Crippen molar-refractivity contribution in [1.82, 2.24) is 35.9 Å².